The van der Waals surface area contributed by atoms with Crippen molar-refractivity contribution in [2.24, 2.45) is 0 Å². The van der Waals surface area contributed by atoms with E-state index < -0.39 is 18.2 Å². The van der Waals surface area contributed by atoms with Gasteiger partial charge < -0.3 is 20.6 Å². The maximum Gasteiger partial charge on any atom is 0.220 e. The monoisotopic (exact) mass is 846 g/mol. The third-order valence-corrected chi connectivity index (χ3v) is 12.8. The number of aliphatic hydroxyl groups is 3. The summed E-state index contributed by atoms with van der Waals surface area (Å²) in [7, 11) is 0. The number of rotatable bonds is 50. The average Bonchev–Trinajstić information content (AvgIpc) is 3.25. The summed E-state index contributed by atoms with van der Waals surface area (Å²) in [5.41, 5.74) is 0. The van der Waals surface area contributed by atoms with Crippen LogP contribution >= 0.6 is 0 Å². The fourth-order valence-corrected chi connectivity index (χ4v) is 8.57. The van der Waals surface area contributed by atoms with Crippen molar-refractivity contribution < 1.29 is 20.1 Å². The first kappa shape index (κ1) is 58.8. The summed E-state index contributed by atoms with van der Waals surface area (Å²) in [5, 5.41) is 33.7. The molecule has 0 saturated carbocycles. The topological polar surface area (TPSA) is 89.8 Å². The molecule has 0 spiro atoms. The molecule has 60 heavy (non-hydrogen) atoms. The van der Waals surface area contributed by atoms with Crippen molar-refractivity contribution in [1.82, 2.24) is 5.32 Å². The van der Waals surface area contributed by atoms with Crippen molar-refractivity contribution >= 4 is 5.91 Å². The number of carbonyl (C=O) groups excluding carboxylic acids is 1. The van der Waals surface area contributed by atoms with Gasteiger partial charge in [-0.3, -0.25) is 4.79 Å². The lowest BCUT2D eigenvalue weighted by molar-refractivity contribution is -0.124. The molecular formula is C55H107NO4. The molecule has 0 saturated heterocycles. The Hall–Kier alpha value is -1.17. The van der Waals surface area contributed by atoms with Crippen LogP contribution in [0.15, 0.2) is 24.3 Å². The molecule has 0 aliphatic rings. The van der Waals surface area contributed by atoms with Crippen molar-refractivity contribution in [2.45, 2.75) is 315 Å². The Balaban J connectivity index is 3.57. The van der Waals surface area contributed by atoms with Crippen LogP contribution in [0.2, 0.25) is 0 Å². The van der Waals surface area contributed by atoms with Crippen molar-refractivity contribution in [2.75, 3.05) is 6.61 Å². The summed E-state index contributed by atoms with van der Waals surface area (Å²) in [6.45, 7) is 4.20. The van der Waals surface area contributed by atoms with Crippen LogP contribution in [0.1, 0.15) is 296 Å². The van der Waals surface area contributed by atoms with E-state index in [-0.39, 0.29) is 12.5 Å². The van der Waals surface area contributed by atoms with Crippen LogP contribution < -0.4 is 5.32 Å². The molecule has 0 aromatic heterocycles. The van der Waals surface area contributed by atoms with E-state index in [2.05, 4.69) is 43.5 Å². The van der Waals surface area contributed by atoms with Gasteiger partial charge in [-0.15, -0.1) is 0 Å². The Labute approximate surface area is 375 Å². The number of hydrogen-bond donors (Lipinski definition) is 4. The van der Waals surface area contributed by atoms with Gasteiger partial charge in [0.2, 0.25) is 5.91 Å². The van der Waals surface area contributed by atoms with Gasteiger partial charge in [-0.2, -0.15) is 0 Å². The maximum absolute atomic E-state index is 12.5. The molecule has 4 N–H and O–H groups in total. The van der Waals surface area contributed by atoms with Gasteiger partial charge in [0.1, 0.15) is 6.10 Å². The number of amides is 1. The fraction of sp³-hybridized carbons (Fsp3) is 0.909. The summed E-state index contributed by atoms with van der Waals surface area (Å²) in [4.78, 5) is 12.5. The van der Waals surface area contributed by atoms with E-state index in [9.17, 15) is 20.1 Å². The summed E-state index contributed by atoms with van der Waals surface area (Å²) in [6.07, 6.45) is 63.2. The molecule has 0 aliphatic heterocycles. The molecule has 3 atom stereocenters. The van der Waals surface area contributed by atoms with E-state index in [0.29, 0.717) is 12.8 Å². The van der Waals surface area contributed by atoms with Gasteiger partial charge in [-0.05, 0) is 64.2 Å². The molecule has 0 aliphatic carbocycles. The Morgan fingerprint density at radius 3 is 0.967 bits per heavy atom. The molecule has 0 aromatic rings. The Morgan fingerprint density at radius 1 is 0.400 bits per heavy atom. The van der Waals surface area contributed by atoms with Crippen LogP contribution in [-0.4, -0.2) is 46.1 Å². The van der Waals surface area contributed by atoms with Crippen LogP contribution in [-0.2, 0) is 4.79 Å². The molecule has 5 nitrogen and oxygen atoms in total. The van der Waals surface area contributed by atoms with Gasteiger partial charge in [0.05, 0.1) is 18.8 Å². The minimum Gasteiger partial charge on any atom is -0.394 e. The maximum atomic E-state index is 12.5. The zero-order valence-corrected chi connectivity index (χ0v) is 40.6. The molecule has 0 fully saturated rings. The van der Waals surface area contributed by atoms with Crippen LogP contribution in [0, 0.1) is 0 Å². The highest BCUT2D eigenvalue weighted by molar-refractivity contribution is 5.76. The molecular weight excluding hydrogens is 739 g/mol. The lowest BCUT2D eigenvalue weighted by atomic mass is 10.0. The SMILES string of the molecule is CCCCCCCCCCCCCC/C=C\CCCCCCCCCCCCC(=O)NC(CO)C(O)C(O)CCC/C=C/CCCCCCCCCCCCCCCCC. The first-order valence-electron chi connectivity index (χ1n) is 27.1. The van der Waals surface area contributed by atoms with E-state index in [0.717, 1.165) is 38.5 Å². The van der Waals surface area contributed by atoms with Gasteiger partial charge in [0, 0.05) is 6.42 Å². The highest BCUT2D eigenvalue weighted by atomic mass is 16.3. The lowest BCUT2D eigenvalue weighted by Gasteiger charge is -2.26. The molecule has 0 radical (unpaired) electrons. The molecule has 0 aromatic carbocycles. The smallest absolute Gasteiger partial charge is 0.220 e. The normalized spacial score (nSPS) is 13.5. The van der Waals surface area contributed by atoms with Crippen LogP contribution in [0.25, 0.3) is 0 Å². The molecule has 5 heteroatoms. The number of carbonyl (C=O) groups is 1. The third-order valence-electron chi connectivity index (χ3n) is 12.8. The van der Waals surface area contributed by atoms with Gasteiger partial charge in [0.25, 0.3) is 0 Å². The second-order valence-corrected chi connectivity index (χ2v) is 18.8. The highest BCUT2D eigenvalue weighted by Crippen LogP contribution is 2.17. The molecule has 1 amide bonds. The van der Waals surface area contributed by atoms with Crippen molar-refractivity contribution in [3.8, 4) is 0 Å². The largest absolute Gasteiger partial charge is 0.394 e. The molecule has 356 valence electrons. The quantitative estimate of drug-likeness (QED) is 0.0363. The summed E-state index contributed by atoms with van der Waals surface area (Å²) < 4.78 is 0. The number of aliphatic hydroxyl groups excluding tert-OH is 3. The highest BCUT2D eigenvalue weighted by Gasteiger charge is 2.26. The molecule has 0 bridgehead atoms. The molecule has 0 heterocycles. The predicted molar refractivity (Wildman–Crippen MR) is 264 cm³/mol. The third kappa shape index (κ3) is 44.9. The predicted octanol–water partition coefficient (Wildman–Crippen LogP) is 16.5. The second kappa shape index (κ2) is 50.5. The van der Waals surface area contributed by atoms with Gasteiger partial charge in [-0.1, -0.05) is 250 Å². The van der Waals surface area contributed by atoms with Crippen molar-refractivity contribution in [3.63, 3.8) is 0 Å². The Bertz CT molecular complexity index is 890. The summed E-state index contributed by atoms with van der Waals surface area (Å²) >= 11 is 0. The van der Waals surface area contributed by atoms with E-state index in [4.69, 9.17) is 0 Å². The van der Waals surface area contributed by atoms with Gasteiger partial charge in [0.15, 0.2) is 0 Å². The minimum absolute atomic E-state index is 0.152. The first-order chi connectivity index (χ1) is 29.6. The van der Waals surface area contributed by atoms with Crippen molar-refractivity contribution in [3.05, 3.63) is 24.3 Å². The van der Waals surface area contributed by atoms with Crippen LogP contribution in [0.3, 0.4) is 0 Å². The minimum atomic E-state index is -1.16. The van der Waals surface area contributed by atoms with E-state index in [1.165, 1.54) is 231 Å². The average molecular weight is 846 g/mol. The van der Waals surface area contributed by atoms with E-state index in [1.54, 1.807) is 0 Å². The molecule has 3 unspecified atom stereocenters. The second-order valence-electron chi connectivity index (χ2n) is 18.8. The number of unbranched alkanes of at least 4 members (excludes halogenated alkanes) is 38. The van der Waals surface area contributed by atoms with Crippen LogP contribution in [0.4, 0.5) is 0 Å². The number of nitrogens with one attached hydrogen (secondary N) is 1. The zero-order valence-electron chi connectivity index (χ0n) is 40.6. The van der Waals surface area contributed by atoms with E-state index >= 15 is 0 Å². The Morgan fingerprint density at radius 2 is 0.667 bits per heavy atom. The molecule has 0 rings (SSSR count). The van der Waals surface area contributed by atoms with Crippen LogP contribution in [0.5, 0.6) is 0 Å². The summed E-state index contributed by atoms with van der Waals surface area (Å²) in [6, 6.07) is -0.826. The summed E-state index contributed by atoms with van der Waals surface area (Å²) in [5.74, 6) is -0.152. The number of hydrogen-bond acceptors (Lipinski definition) is 4. The number of allylic oxidation sites excluding steroid dienone is 4. The van der Waals surface area contributed by atoms with Crippen molar-refractivity contribution in [1.29, 1.82) is 0 Å². The fourth-order valence-electron chi connectivity index (χ4n) is 8.57. The van der Waals surface area contributed by atoms with Gasteiger partial charge in [-0.25, -0.2) is 0 Å². The zero-order chi connectivity index (χ0) is 43.7. The Kier molecular flexibility index (Phi) is 49.5. The lowest BCUT2D eigenvalue weighted by Crippen LogP contribution is -2.50. The first-order valence-corrected chi connectivity index (χ1v) is 27.1. The standard InChI is InChI=1S/C55H107NO4/c1-3-5-7-9-11-13-15-17-19-21-23-25-26-27-28-29-30-32-34-36-38-40-42-44-46-48-50-54(59)56-52(51-57)55(60)53(58)49-47-45-43-41-39-37-35-33-31-24-22-20-18-16-14-12-10-8-6-4-2/h27-28,41,43,52-53,55,57-58,60H,3-26,29-40,42,44-51H2,1-2H3,(H,56,59)/b28-27-,43-41+. The van der Waals surface area contributed by atoms with Gasteiger partial charge >= 0.3 is 0 Å². The van der Waals surface area contributed by atoms with E-state index in [1.807, 2.05) is 0 Å².